The van der Waals surface area contributed by atoms with Crippen molar-refractivity contribution in [1.29, 1.82) is 0 Å². The lowest BCUT2D eigenvalue weighted by molar-refractivity contribution is 0.0468. The first-order chi connectivity index (χ1) is 21.4. The van der Waals surface area contributed by atoms with Crippen LogP contribution >= 0.6 is 0 Å². The first-order valence-corrected chi connectivity index (χ1v) is 13.3. The maximum atomic E-state index is 13.6. The van der Waals surface area contributed by atoms with Crippen LogP contribution in [0, 0.1) is 5.82 Å². The number of rotatable bonds is 9. The van der Waals surface area contributed by atoms with Crippen LogP contribution in [-0.2, 0) is 11.3 Å². The SMILES string of the molecule is O=C(OCc1cccc(F)c1)c1cc(OC(=O)c2ccccc2)c(OC(=O)c2ccccc2)c(OC(=O)c2ccccc2)c1. The highest BCUT2D eigenvalue weighted by molar-refractivity contribution is 5.97. The topological polar surface area (TPSA) is 105 Å². The Bertz CT molecular complexity index is 1730. The average Bonchev–Trinajstić information content (AvgIpc) is 3.06. The molecule has 5 aromatic carbocycles. The van der Waals surface area contributed by atoms with Gasteiger partial charge in [-0.1, -0.05) is 66.7 Å². The van der Waals surface area contributed by atoms with Crippen molar-refractivity contribution in [2.24, 2.45) is 0 Å². The van der Waals surface area contributed by atoms with Crippen LogP contribution in [-0.4, -0.2) is 23.9 Å². The standard InChI is InChI=1S/C35H23FO8/c36-28-18-10-11-23(19-28)22-41-32(37)27-20-29(42-33(38)24-12-4-1-5-13-24)31(44-35(40)26-16-8-3-9-17-26)30(21-27)43-34(39)25-14-6-2-7-15-25/h1-21H,22H2. The third-order valence-electron chi connectivity index (χ3n) is 6.14. The number of carbonyl (C=O) groups excluding carboxylic acids is 4. The monoisotopic (exact) mass is 590 g/mol. The Morgan fingerprint density at radius 2 is 0.932 bits per heavy atom. The second-order valence-electron chi connectivity index (χ2n) is 9.27. The molecule has 0 aliphatic rings. The predicted octanol–water partition coefficient (Wildman–Crippen LogP) is 6.84. The minimum atomic E-state index is -0.913. The highest BCUT2D eigenvalue weighted by Crippen LogP contribution is 2.41. The van der Waals surface area contributed by atoms with Gasteiger partial charge in [-0.2, -0.15) is 0 Å². The third-order valence-corrected chi connectivity index (χ3v) is 6.14. The number of hydrogen-bond acceptors (Lipinski definition) is 8. The van der Waals surface area contributed by atoms with E-state index in [4.69, 9.17) is 18.9 Å². The molecule has 8 nitrogen and oxygen atoms in total. The number of ether oxygens (including phenoxy) is 4. The Hall–Kier alpha value is -6.09. The molecular formula is C35H23FO8. The van der Waals surface area contributed by atoms with Gasteiger partial charge in [-0.05, 0) is 66.2 Å². The Morgan fingerprint density at radius 3 is 1.39 bits per heavy atom. The molecule has 0 N–H and O–H groups in total. The van der Waals surface area contributed by atoms with E-state index in [-0.39, 0.29) is 40.4 Å². The fraction of sp³-hybridized carbons (Fsp3) is 0.0286. The molecule has 0 aromatic heterocycles. The van der Waals surface area contributed by atoms with Crippen molar-refractivity contribution in [3.05, 3.63) is 161 Å². The van der Waals surface area contributed by atoms with Crippen LogP contribution in [0.1, 0.15) is 47.0 Å². The van der Waals surface area contributed by atoms with E-state index in [0.29, 0.717) is 5.56 Å². The molecule has 0 saturated carbocycles. The van der Waals surface area contributed by atoms with Gasteiger partial charge in [0.05, 0.1) is 22.3 Å². The van der Waals surface area contributed by atoms with Gasteiger partial charge in [0.2, 0.25) is 5.75 Å². The Morgan fingerprint density at radius 1 is 0.477 bits per heavy atom. The molecule has 0 aliphatic carbocycles. The Balaban J connectivity index is 1.56. The first kappa shape index (κ1) is 29.4. The van der Waals surface area contributed by atoms with Crippen LogP contribution < -0.4 is 14.2 Å². The van der Waals surface area contributed by atoms with Gasteiger partial charge in [0.25, 0.3) is 0 Å². The summed E-state index contributed by atoms with van der Waals surface area (Å²) in [5, 5.41) is 0. The molecule has 5 rings (SSSR count). The lowest BCUT2D eigenvalue weighted by atomic mass is 10.1. The fourth-order valence-corrected chi connectivity index (χ4v) is 4.00. The quantitative estimate of drug-likeness (QED) is 0.136. The molecule has 0 radical (unpaired) electrons. The van der Waals surface area contributed by atoms with Crippen LogP contribution in [0.4, 0.5) is 4.39 Å². The number of hydrogen-bond donors (Lipinski definition) is 0. The highest BCUT2D eigenvalue weighted by atomic mass is 19.1. The van der Waals surface area contributed by atoms with Crippen molar-refractivity contribution in [3.8, 4) is 17.2 Å². The van der Waals surface area contributed by atoms with Gasteiger partial charge < -0.3 is 18.9 Å². The largest absolute Gasteiger partial charge is 0.457 e. The summed E-state index contributed by atoms with van der Waals surface area (Å²) in [5.41, 5.74) is 0.669. The second kappa shape index (κ2) is 13.7. The van der Waals surface area contributed by atoms with Crippen molar-refractivity contribution in [1.82, 2.24) is 0 Å². The summed E-state index contributed by atoms with van der Waals surface area (Å²) in [6.07, 6.45) is 0. The zero-order valence-corrected chi connectivity index (χ0v) is 23.0. The van der Waals surface area contributed by atoms with Gasteiger partial charge in [-0.3, -0.25) is 0 Å². The summed E-state index contributed by atoms with van der Waals surface area (Å²) in [6, 6.07) is 31.7. The van der Waals surface area contributed by atoms with E-state index in [2.05, 4.69) is 0 Å². The number of esters is 4. The number of halogens is 1. The van der Waals surface area contributed by atoms with Crippen molar-refractivity contribution < 1.29 is 42.5 Å². The lowest BCUT2D eigenvalue weighted by Gasteiger charge is -2.16. The molecule has 218 valence electrons. The molecule has 0 saturated heterocycles. The van der Waals surface area contributed by atoms with E-state index in [1.165, 1.54) is 54.6 Å². The van der Waals surface area contributed by atoms with Gasteiger partial charge in [-0.15, -0.1) is 0 Å². The minimum Gasteiger partial charge on any atom is -0.457 e. The zero-order valence-electron chi connectivity index (χ0n) is 23.0. The van der Waals surface area contributed by atoms with Gasteiger partial charge >= 0.3 is 23.9 Å². The van der Waals surface area contributed by atoms with Gasteiger partial charge in [-0.25, -0.2) is 23.6 Å². The van der Waals surface area contributed by atoms with E-state index in [1.54, 1.807) is 60.7 Å². The number of benzene rings is 5. The summed E-state index contributed by atoms with van der Waals surface area (Å²) >= 11 is 0. The normalized spacial score (nSPS) is 10.4. The fourth-order valence-electron chi connectivity index (χ4n) is 4.00. The third kappa shape index (κ3) is 7.40. The molecule has 0 unspecified atom stereocenters. The van der Waals surface area contributed by atoms with Gasteiger partial charge in [0.1, 0.15) is 12.4 Å². The molecule has 9 heteroatoms. The summed E-state index contributed by atoms with van der Waals surface area (Å²) in [5.74, 6) is -5.15. The van der Waals surface area contributed by atoms with Crippen molar-refractivity contribution in [2.75, 3.05) is 0 Å². The summed E-state index contributed by atoms with van der Waals surface area (Å²) in [7, 11) is 0. The van der Waals surface area contributed by atoms with E-state index >= 15 is 0 Å². The predicted molar refractivity (Wildman–Crippen MR) is 156 cm³/mol. The van der Waals surface area contributed by atoms with E-state index in [1.807, 2.05) is 0 Å². The molecule has 0 spiro atoms. The molecule has 44 heavy (non-hydrogen) atoms. The van der Waals surface area contributed by atoms with Crippen molar-refractivity contribution in [3.63, 3.8) is 0 Å². The number of carbonyl (C=O) groups is 4. The molecule has 0 heterocycles. The summed E-state index contributed by atoms with van der Waals surface area (Å²) < 4.78 is 35.8. The highest BCUT2D eigenvalue weighted by Gasteiger charge is 2.26. The van der Waals surface area contributed by atoms with E-state index in [9.17, 15) is 23.6 Å². The molecule has 0 aliphatic heterocycles. The Labute approximate surface area is 251 Å². The summed E-state index contributed by atoms with van der Waals surface area (Å²) in [6.45, 7) is -0.278. The second-order valence-corrected chi connectivity index (χ2v) is 9.27. The van der Waals surface area contributed by atoms with E-state index in [0.717, 1.165) is 12.1 Å². The van der Waals surface area contributed by atoms with Crippen LogP contribution in [0.25, 0.3) is 0 Å². The Kier molecular flexibility index (Phi) is 9.17. The zero-order chi connectivity index (χ0) is 30.9. The molecule has 0 bridgehead atoms. The smallest absolute Gasteiger partial charge is 0.343 e. The van der Waals surface area contributed by atoms with Gasteiger partial charge in [0.15, 0.2) is 11.5 Å². The van der Waals surface area contributed by atoms with Crippen molar-refractivity contribution >= 4 is 23.9 Å². The van der Waals surface area contributed by atoms with Crippen LogP contribution in [0.5, 0.6) is 17.2 Å². The molecular weight excluding hydrogens is 567 g/mol. The van der Waals surface area contributed by atoms with Crippen LogP contribution in [0.2, 0.25) is 0 Å². The molecule has 5 aromatic rings. The summed E-state index contributed by atoms with van der Waals surface area (Å²) in [4.78, 5) is 52.4. The average molecular weight is 591 g/mol. The van der Waals surface area contributed by atoms with Crippen LogP contribution in [0.15, 0.2) is 127 Å². The van der Waals surface area contributed by atoms with Crippen LogP contribution in [0.3, 0.4) is 0 Å². The van der Waals surface area contributed by atoms with E-state index < -0.39 is 35.4 Å². The molecule has 0 atom stereocenters. The maximum Gasteiger partial charge on any atom is 0.343 e. The maximum absolute atomic E-state index is 13.6. The van der Waals surface area contributed by atoms with Crippen molar-refractivity contribution in [2.45, 2.75) is 6.61 Å². The lowest BCUT2D eigenvalue weighted by Crippen LogP contribution is -2.16. The molecule has 0 fully saturated rings. The molecule has 0 amide bonds. The first-order valence-electron chi connectivity index (χ1n) is 13.3. The minimum absolute atomic E-state index is 0.159. The van der Waals surface area contributed by atoms with Gasteiger partial charge in [0, 0.05) is 0 Å².